The van der Waals surface area contributed by atoms with Crippen LogP contribution in [-0.2, 0) is 6.54 Å². The van der Waals surface area contributed by atoms with Gasteiger partial charge in [0.25, 0.3) is 0 Å². The van der Waals surface area contributed by atoms with Crippen LogP contribution in [0, 0.1) is 11.3 Å². The van der Waals surface area contributed by atoms with Crippen molar-refractivity contribution in [1.82, 2.24) is 4.98 Å². The molecule has 2 rings (SSSR count). The molecule has 0 N–H and O–H groups in total. The highest BCUT2D eigenvalue weighted by molar-refractivity contribution is 7.09. The van der Waals surface area contributed by atoms with Gasteiger partial charge in [0, 0.05) is 17.6 Å². The Kier molecular flexibility index (Phi) is 3.73. The van der Waals surface area contributed by atoms with Crippen LogP contribution in [0.5, 0.6) is 0 Å². The third-order valence-corrected chi connectivity index (χ3v) is 3.37. The Hall–Kier alpha value is -1.86. The number of pyridine rings is 1. The zero-order valence-corrected chi connectivity index (χ0v) is 10.4. The summed E-state index contributed by atoms with van der Waals surface area (Å²) in [6.07, 6.45) is 1.69. The molecule has 0 saturated heterocycles. The molecule has 2 aromatic rings. The van der Waals surface area contributed by atoms with Crippen molar-refractivity contribution in [1.29, 1.82) is 5.26 Å². The van der Waals surface area contributed by atoms with Gasteiger partial charge in [-0.1, -0.05) is 6.07 Å². The van der Waals surface area contributed by atoms with Crippen LogP contribution in [0.15, 0.2) is 35.8 Å². The van der Waals surface area contributed by atoms with Crippen LogP contribution >= 0.6 is 11.3 Å². The first-order chi connectivity index (χ1) is 8.33. The molecule has 0 amide bonds. The predicted octanol–water partition coefficient (Wildman–Crippen LogP) is 3.04. The molecule has 0 saturated carbocycles. The van der Waals surface area contributed by atoms with Crippen molar-refractivity contribution in [3.63, 3.8) is 0 Å². The van der Waals surface area contributed by atoms with Gasteiger partial charge in [-0.3, -0.25) is 0 Å². The molecule has 0 aliphatic carbocycles. The van der Waals surface area contributed by atoms with Crippen LogP contribution in [0.1, 0.15) is 17.4 Å². The topological polar surface area (TPSA) is 39.9 Å². The van der Waals surface area contributed by atoms with Crippen LogP contribution in [0.2, 0.25) is 0 Å². The Bertz CT molecular complexity index is 514. The predicted molar refractivity (Wildman–Crippen MR) is 70.0 cm³/mol. The largest absolute Gasteiger partial charge is 0.352 e. The normalized spacial score (nSPS) is 9.88. The van der Waals surface area contributed by atoms with E-state index in [1.807, 2.05) is 12.1 Å². The van der Waals surface area contributed by atoms with E-state index < -0.39 is 0 Å². The molecular formula is C13H13N3S. The number of thiophene rings is 1. The number of aromatic nitrogens is 1. The summed E-state index contributed by atoms with van der Waals surface area (Å²) in [7, 11) is 0. The van der Waals surface area contributed by atoms with Gasteiger partial charge in [-0.05, 0) is 30.5 Å². The van der Waals surface area contributed by atoms with E-state index in [0.29, 0.717) is 5.56 Å². The first-order valence-electron chi connectivity index (χ1n) is 5.47. The van der Waals surface area contributed by atoms with Crippen molar-refractivity contribution >= 4 is 17.2 Å². The standard InChI is InChI=1S/C13H13N3S/c1-2-16(10-12-4-3-7-17-12)13-8-11(9-14)5-6-15-13/h3-8H,2,10H2,1H3. The minimum Gasteiger partial charge on any atom is -0.352 e. The molecule has 3 nitrogen and oxygen atoms in total. The summed E-state index contributed by atoms with van der Waals surface area (Å²) >= 11 is 1.74. The number of hydrogen-bond donors (Lipinski definition) is 0. The molecule has 0 atom stereocenters. The van der Waals surface area contributed by atoms with Crippen molar-refractivity contribution in [3.05, 3.63) is 46.3 Å². The Balaban J connectivity index is 2.20. The molecule has 0 unspecified atom stereocenters. The molecule has 17 heavy (non-hydrogen) atoms. The van der Waals surface area contributed by atoms with Crippen LogP contribution in [0.4, 0.5) is 5.82 Å². The van der Waals surface area contributed by atoms with Gasteiger partial charge in [0.2, 0.25) is 0 Å². The summed E-state index contributed by atoms with van der Waals surface area (Å²) in [5, 5.41) is 11.0. The Morgan fingerprint density at radius 1 is 1.47 bits per heavy atom. The minimum atomic E-state index is 0.652. The molecule has 0 aromatic carbocycles. The highest BCUT2D eigenvalue weighted by Crippen LogP contribution is 2.18. The van der Waals surface area contributed by atoms with E-state index in [0.717, 1.165) is 18.9 Å². The highest BCUT2D eigenvalue weighted by atomic mass is 32.1. The maximum atomic E-state index is 8.88. The van der Waals surface area contributed by atoms with Gasteiger partial charge in [0.15, 0.2) is 0 Å². The summed E-state index contributed by atoms with van der Waals surface area (Å²) < 4.78 is 0. The fraction of sp³-hybridized carbons (Fsp3) is 0.231. The molecular weight excluding hydrogens is 230 g/mol. The Morgan fingerprint density at radius 3 is 3.00 bits per heavy atom. The van der Waals surface area contributed by atoms with Crippen molar-refractivity contribution in [2.24, 2.45) is 0 Å². The average Bonchev–Trinajstić information content (AvgIpc) is 2.89. The monoisotopic (exact) mass is 243 g/mol. The van der Waals surface area contributed by atoms with Crippen LogP contribution < -0.4 is 4.90 Å². The van der Waals surface area contributed by atoms with E-state index in [1.54, 1.807) is 23.6 Å². The number of nitrogens with zero attached hydrogens (tertiary/aromatic N) is 3. The van der Waals surface area contributed by atoms with E-state index in [1.165, 1.54) is 4.88 Å². The van der Waals surface area contributed by atoms with Gasteiger partial charge in [-0.25, -0.2) is 4.98 Å². The third kappa shape index (κ3) is 2.83. The van der Waals surface area contributed by atoms with Crippen molar-refractivity contribution < 1.29 is 0 Å². The fourth-order valence-corrected chi connectivity index (χ4v) is 2.33. The number of hydrogen-bond acceptors (Lipinski definition) is 4. The summed E-state index contributed by atoms with van der Waals surface area (Å²) in [5.41, 5.74) is 0.652. The van der Waals surface area contributed by atoms with Crippen molar-refractivity contribution in [2.45, 2.75) is 13.5 Å². The van der Waals surface area contributed by atoms with Gasteiger partial charge < -0.3 is 4.90 Å². The Labute approximate surface area is 105 Å². The molecule has 0 radical (unpaired) electrons. The third-order valence-electron chi connectivity index (χ3n) is 2.51. The summed E-state index contributed by atoms with van der Waals surface area (Å²) in [6.45, 7) is 3.81. The molecule has 86 valence electrons. The smallest absolute Gasteiger partial charge is 0.130 e. The van der Waals surface area contributed by atoms with Crippen molar-refractivity contribution in [2.75, 3.05) is 11.4 Å². The number of anilines is 1. The lowest BCUT2D eigenvalue weighted by atomic mass is 10.2. The lowest BCUT2D eigenvalue weighted by molar-refractivity contribution is 0.823. The molecule has 4 heteroatoms. The highest BCUT2D eigenvalue weighted by Gasteiger charge is 2.07. The molecule has 0 fully saturated rings. The first kappa shape index (κ1) is 11.6. The molecule has 0 spiro atoms. The second-order valence-corrected chi connectivity index (χ2v) is 4.64. The molecule has 0 bridgehead atoms. The number of rotatable bonds is 4. The van der Waals surface area contributed by atoms with Gasteiger partial charge in [0.05, 0.1) is 18.2 Å². The quantitative estimate of drug-likeness (QED) is 0.828. The lowest BCUT2D eigenvalue weighted by Crippen LogP contribution is -2.22. The van der Waals surface area contributed by atoms with Crippen LogP contribution in [0.25, 0.3) is 0 Å². The summed E-state index contributed by atoms with van der Waals surface area (Å²) in [4.78, 5) is 7.78. The van der Waals surface area contributed by atoms with E-state index in [9.17, 15) is 0 Å². The summed E-state index contributed by atoms with van der Waals surface area (Å²) in [5.74, 6) is 0.861. The zero-order valence-electron chi connectivity index (χ0n) is 9.63. The second-order valence-electron chi connectivity index (χ2n) is 3.61. The minimum absolute atomic E-state index is 0.652. The Morgan fingerprint density at radius 2 is 2.35 bits per heavy atom. The van der Waals surface area contributed by atoms with Gasteiger partial charge in [-0.15, -0.1) is 11.3 Å². The molecule has 2 aromatic heterocycles. The van der Waals surface area contributed by atoms with Gasteiger partial charge >= 0.3 is 0 Å². The molecule has 0 aliphatic heterocycles. The van der Waals surface area contributed by atoms with E-state index in [4.69, 9.17) is 5.26 Å². The summed E-state index contributed by atoms with van der Waals surface area (Å²) in [6, 6.07) is 9.86. The SMILES string of the molecule is CCN(Cc1cccs1)c1cc(C#N)ccn1. The van der Waals surface area contributed by atoms with Crippen molar-refractivity contribution in [3.8, 4) is 6.07 Å². The van der Waals surface area contributed by atoms with Gasteiger partial charge in [-0.2, -0.15) is 5.26 Å². The van der Waals surface area contributed by atoms with E-state index in [-0.39, 0.29) is 0 Å². The molecule has 2 heterocycles. The second kappa shape index (κ2) is 5.46. The van der Waals surface area contributed by atoms with Crippen LogP contribution in [-0.4, -0.2) is 11.5 Å². The zero-order chi connectivity index (χ0) is 12.1. The maximum Gasteiger partial charge on any atom is 0.130 e. The first-order valence-corrected chi connectivity index (χ1v) is 6.35. The number of nitriles is 1. The van der Waals surface area contributed by atoms with E-state index in [2.05, 4.69) is 34.3 Å². The maximum absolute atomic E-state index is 8.88. The van der Waals surface area contributed by atoms with Gasteiger partial charge in [0.1, 0.15) is 5.82 Å². The lowest BCUT2D eigenvalue weighted by Gasteiger charge is -2.21. The fourth-order valence-electron chi connectivity index (χ4n) is 1.61. The van der Waals surface area contributed by atoms with E-state index >= 15 is 0 Å². The average molecular weight is 243 g/mol. The molecule has 0 aliphatic rings. The van der Waals surface area contributed by atoms with Crippen LogP contribution in [0.3, 0.4) is 0 Å².